The van der Waals surface area contributed by atoms with Crippen LogP contribution in [0.2, 0.25) is 0 Å². The van der Waals surface area contributed by atoms with Crippen molar-refractivity contribution in [1.82, 2.24) is 0 Å². The molecule has 2 N–H and O–H groups in total. The van der Waals surface area contributed by atoms with Gasteiger partial charge in [-0.25, -0.2) is 4.79 Å². The molecule has 4 nitrogen and oxygen atoms in total. The summed E-state index contributed by atoms with van der Waals surface area (Å²) < 4.78 is 0. The SMILES string of the molecule is CC(C)(C)c1ccc(-c2cc(C(=O)C=Cc3ccc(C(=O)O)c(O)c3)cc3c2C(C)(C)CCC3(C)C)cc1. The highest BCUT2D eigenvalue weighted by Crippen LogP contribution is 2.50. The summed E-state index contributed by atoms with van der Waals surface area (Å²) in [5.41, 5.74) is 6.96. The molecule has 0 aliphatic heterocycles. The monoisotopic (exact) mass is 510 g/mol. The van der Waals surface area contributed by atoms with E-state index in [0.29, 0.717) is 11.1 Å². The smallest absolute Gasteiger partial charge is 0.339 e. The lowest BCUT2D eigenvalue weighted by Gasteiger charge is -2.43. The van der Waals surface area contributed by atoms with Crippen molar-refractivity contribution in [1.29, 1.82) is 0 Å². The fraction of sp³-hybridized carbons (Fsp3) is 0.353. The highest BCUT2D eigenvalue weighted by atomic mass is 16.4. The number of hydrogen-bond acceptors (Lipinski definition) is 3. The van der Waals surface area contributed by atoms with Crippen LogP contribution in [0.15, 0.2) is 60.7 Å². The second-order valence-corrected chi connectivity index (χ2v) is 12.8. The Kier molecular flexibility index (Phi) is 6.90. The number of fused-ring (bicyclic) bond motifs is 1. The topological polar surface area (TPSA) is 74.6 Å². The van der Waals surface area contributed by atoms with Gasteiger partial charge in [0.2, 0.25) is 0 Å². The van der Waals surface area contributed by atoms with Crippen molar-refractivity contribution in [2.45, 2.75) is 77.6 Å². The zero-order valence-corrected chi connectivity index (χ0v) is 23.5. The van der Waals surface area contributed by atoms with Crippen molar-refractivity contribution >= 4 is 17.8 Å². The fourth-order valence-corrected chi connectivity index (χ4v) is 5.41. The molecular formula is C34H38O4. The van der Waals surface area contributed by atoms with Crippen molar-refractivity contribution in [2.75, 3.05) is 0 Å². The lowest BCUT2D eigenvalue weighted by Crippen LogP contribution is -2.34. The Morgan fingerprint density at radius 2 is 1.50 bits per heavy atom. The van der Waals surface area contributed by atoms with Crippen LogP contribution in [0.3, 0.4) is 0 Å². The minimum Gasteiger partial charge on any atom is -0.507 e. The van der Waals surface area contributed by atoms with Crippen molar-refractivity contribution in [3.05, 3.63) is 94.1 Å². The molecule has 0 aromatic heterocycles. The minimum atomic E-state index is -1.20. The van der Waals surface area contributed by atoms with Crippen LogP contribution in [0.4, 0.5) is 0 Å². The molecule has 198 valence electrons. The van der Waals surface area contributed by atoms with Crippen molar-refractivity contribution in [3.63, 3.8) is 0 Å². The summed E-state index contributed by atoms with van der Waals surface area (Å²) in [6.45, 7) is 15.7. The molecule has 0 heterocycles. The van der Waals surface area contributed by atoms with Gasteiger partial charge in [-0.3, -0.25) is 4.79 Å². The first-order valence-electron chi connectivity index (χ1n) is 13.2. The zero-order valence-electron chi connectivity index (χ0n) is 23.5. The van der Waals surface area contributed by atoms with E-state index in [2.05, 4.69) is 78.8 Å². The van der Waals surface area contributed by atoms with Gasteiger partial charge < -0.3 is 10.2 Å². The summed E-state index contributed by atoms with van der Waals surface area (Å²) in [4.78, 5) is 24.6. The third-order valence-corrected chi connectivity index (χ3v) is 7.95. The van der Waals surface area contributed by atoms with Crippen LogP contribution in [0.5, 0.6) is 5.75 Å². The zero-order chi connectivity index (χ0) is 28.0. The average molecular weight is 511 g/mol. The molecule has 4 heteroatoms. The van der Waals surface area contributed by atoms with Crippen molar-refractivity contribution < 1.29 is 19.8 Å². The molecular weight excluding hydrogens is 472 g/mol. The van der Waals surface area contributed by atoms with E-state index in [1.165, 1.54) is 34.9 Å². The molecule has 4 rings (SSSR count). The Bertz CT molecular complexity index is 1430. The quantitative estimate of drug-likeness (QED) is 0.267. The number of aromatic carboxylic acids is 1. The molecule has 0 saturated carbocycles. The highest BCUT2D eigenvalue weighted by molar-refractivity contribution is 6.08. The van der Waals surface area contributed by atoms with Gasteiger partial charge in [0.25, 0.3) is 0 Å². The third kappa shape index (κ3) is 5.31. The van der Waals surface area contributed by atoms with Gasteiger partial charge in [-0.2, -0.15) is 0 Å². The van der Waals surface area contributed by atoms with Gasteiger partial charge in [-0.1, -0.05) is 84.9 Å². The number of carboxylic acids is 1. The number of ketones is 1. The first-order valence-corrected chi connectivity index (χ1v) is 13.2. The van der Waals surface area contributed by atoms with Crippen molar-refractivity contribution in [2.24, 2.45) is 0 Å². The van der Waals surface area contributed by atoms with E-state index in [9.17, 15) is 14.7 Å². The maximum absolute atomic E-state index is 13.5. The normalized spacial score (nSPS) is 16.3. The van der Waals surface area contributed by atoms with E-state index >= 15 is 0 Å². The summed E-state index contributed by atoms with van der Waals surface area (Å²) in [6, 6.07) is 17.1. The highest BCUT2D eigenvalue weighted by Gasteiger charge is 2.39. The Hall–Kier alpha value is -3.66. The van der Waals surface area contributed by atoms with Crippen LogP contribution in [0.25, 0.3) is 17.2 Å². The van der Waals surface area contributed by atoms with Gasteiger partial charge in [0.1, 0.15) is 11.3 Å². The Balaban J connectivity index is 1.82. The Morgan fingerprint density at radius 3 is 2.08 bits per heavy atom. The molecule has 0 spiro atoms. The predicted molar refractivity (Wildman–Crippen MR) is 154 cm³/mol. The summed E-state index contributed by atoms with van der Waals surface area (Å²) >= 11 is 0. The van der Waals surface area contributed by atoms with Crippen LogP contribution in [-0.4, -0.2) is 22.0 Å². The number of allylic oxidation sites excluding steroid dienone is 1. The molecule has 0 atom stereocenters. The van der Waals surface area contributed by atoms with Crippen molar-refractivity contribution in [3.8, 4) is 16.9 Å². The third-order valence-electron chi connectivity index (χ3n) is 7.95. The fourth-order valence-electron chi connectivity index (χ4n) is 5.41. The Morgan fingerprint density at radius 1 is 0.868 bits per heavy atom. The van der Waals surface area contributed by atoms with Crippen LogP contribution in [0, 0.1) is 0 Å². The van der Waals surface area contributed by atoms with Gasteiger partial charge in [-0.15, -0.1) is 0 Å². The van der Waals surface area contributed by atoms with E-state index < -0.39 is 5.97 Å². The standard InChI is InChI=1S/C34H38O4/c1-32(2,3)24-12-10-22(11-13-24)26-19-23(20-27-30(26)34(6,7)17-16-33(27,4)5)28(35)15-9-21-8-14-25(31(37)38)29(36)18-21/h8-15,18-20,36H,16-17H2,1-7H3,(H,37,38). The molecule has 1 aliphatic carbocycles. The Labute approximate surface area is 226 Å². The molecule has 0 bridgehead atoms. The van der Waals surface area contributed by atoms with Crippen LogP contribution in [-0.2, 0) is 16.2 Å². The predicted octanol–water partition coefficient (Wildman–Crippen LogP) is 8.30. The summed E-state index contributed by atoms with van der Waals surface area (Å²) in [5.74, 6) is -1.66. The molecule has 0 fully saturated rings. The van der Waals surface area contributed by atoms with Gasteiger partial charge >= 0.3 is 5.97 Å². The number of phenols is 1. The first-order chi connectivity index (χ1) is 17.6. The second-order valence-electron chi connectivity index (χ2n) is 12.8. The number of carbonyl (C=O) groups excluding carboxylic acids is 1. The van der Waals surface area contributed by atoms with Crippen LogP contribution >= 0.6 is 0 Å². The minimum absolute atomic E-state index is 0.0241. The lowest BCUT2D eigenvalue weighted by molar-refractivity contribution is 0.0693. The van der Waals surface area contributed by atoms with Gasteiger partial charge in [0.15, 0.2) is 5.78 Å². The maximum atomic E-state index is 13.5. The average Bonchev–Trinajstić information content (AvgIpc) is 2.84. The summed E-state index contributed by atoms with van der Waals surface area (Å²) in [6.07, 6.45) is 5.21. The number of carboxylic acid groups (broad SMARTS) is 1. The first kappa shape index (κ1) is 27.4. The van der Waals surface area contributed by atoms with Gasteiger partial charge in [-0.05, 0) is 92.8 Å². The van der Waals surface area contributed by atoms with E-state index in [4.69, 9.17) is 5.11 Å². The van der Waals surface area contributed by atoms with Gasteiger partial charge in [0, 0.05) is 5.56 Å². The van der Waals surface area contributed by atoms with E-state index in [-0.39, 0.29) is 33.3 Å². The lowest BCUT2D eigenvalue weighted by atomic mass is 9.61. The van der Waals surface area contributed by atoms with E-state index in [1.54, 1.807) is 12.1 Å². The van der Waals surface area contributed by atoms with Gasteiger partial charge in [0.05, 0.1) is 0 Å². The molecule has 0 saturated heterocycles. The maximum Gasteiger partial charge on any atom is 0.339 e. The molecule has 38 heavy (non-hydrogen) atoms. The molecule has 0 amide bonds. The number of carbonyl (C=O) groups is 2. The molecule has 1 aliphatic rings. The van der Waals surface area contributed by atoms with E-state index in [1.807, 2.05) is 6.07 Å². The molecule has 0 unspecified atom stereocenters. The largest absolute Gasteiger partial charge is 0.507 e. The summed E-state index contributed by atoms with van der Waals surface area (Å²) in [7, 11) is 0. The van der Waals surface area contributed by atoms with E-state index in [0.717, 1.165) is 24.0 Å². The number of aromatic hydroxyl groups is 1. The number of hydrogen-bond donors (Lipinski definition) is 2. The molecule has 3 aromatic carbocycles. The number of benzene rings is 3. The molecule has 0 radical (unpaired) electrons. The molecule has 3 aromatic rings. The van der Waals surface area contributed by atoms with Crippen LogP contribution in [0.1, 0.15) is 104 Å². The number of rotatable bonds is 5. The van der Waals surface area contributed by atoms with Crippen LogP contribution < -0.4 is 0 Å². The summed E-state index contributed by atoms with van der Waals surface area (Å²) in [5, 5.41) is 19.2. The second kappa shape index (κ2) is 9.58.